The lowest BCUT2D eigenvalue weighted by molar-refractivity contribution is 0.612. The number of aromatic nitrogens is 1. The van der Waals surface area contributed by atoms with Gasteiger partial charge in [0.15, 0.2) is 6.29 Å². The molecule has 1 aromatic rings. The number of nitrogens with zero attached hydrogens (tertiary/aromatic N) is 4. The summed E-state index contributed by atoms with van der Waals surface area (Å²) >= 11 is 0. The maximum absolute atomic E-state index is 12.6. The highest BCUT2D eigenvalue weighted by Crippen LogP contribution is 2.24. The standard InChI is InChI=1S/C12H17N7O/c1-3-19-10-7(6(2)15-12(13)16-10)4-8(11(19)20)9-5-14-18-17-9/h4,9,12,16H,3,5,13H2,1-2H3,(H,14,17). The third kappa shape index (κ3) is 1.88. The fraction of sp³-hybridized carbons (Fsp3) is 0.500. The number of nitrogens with one attached hydrogen (secondary N) is 2. The smallest absolute Gasteiger partial charge is 0.257 e. The summed E-state index contributed by atoms with van der Waals surface area (Å²) in [6.07, 6.45) is -0.514. The van der Waals surface area contributed by atoms with Crippen LogP contribution in [0.15, 0.2) is 26.2 Å². The molecule has 3 rings (SSSR count). The maximum atomic E-state index is 12.6. The highest BCUT2D eigenvalue weighted by atomic mass is 16.1. The van der Waals surface area contributed by atoms with Crippen LogP contribution < -0.4 is 22.0 Å². The van der Waals surface area contributed by atoms with Gasteiger partial charge in [-0.15, -0.1) is 0 Å². The Balaban J connectivity index is 2.19. The fourth-order valence-corrected chi connectivity index (χ4v) is 2.56. The van der Waals surface area contributed by atoms with Crippen molar-refractivity contribution in [2.45, 2.75) is 32.7 Å². The molecule has 8 heteroatoms. The lowest BCUT2D eigenvalue weighted by atomic mass is 10.0. The highest BCUT2D eigenvalue weighted by molar-refractivity contribution is 6.04. The van der Waals surface area contributed by atoms with E-state index in [9.17, 15) is 4.79 Å². The van der Waals surface area contributed by atoms with Crippen molar-refractivity contribution in [3.8, 4) is 0 Å². The zero-order chi connectivity index (χ0) is 14.3. The van der Waals surface area contributed by atoms with E-state index in [2.05, 4.69) is 26.1 Å². The van der Waals surface area contributed by atoms with Gasteiger partial charge in [0.2, 0.25) is 0 Å². The van der Waals surface area contributed by atoms with Gasteiger partial charge in [-0.05, 0) is 19.9 Å². The number of aliphatic imine (C=N–C) groups is 1. The predicted molar refractivity (Wildman–Crippen MR) is 75.8 cm³/mol. The molecule has 0 saturated carbocycles. The maximum Gasteiger partial charge on any atom is 0.257 e. The van der Waals surface area contributed by atoms with E-state index in [1.54, 1.807) is 4.57 Å². The molecule has 2 aliphatic rings. The molecular weight excluding hydrogens is 258 g/mol. The van der Waals surface area contributed by atoms with E-state index < -0.39 is 6.29 Å². The van der Waals surface area contributed by atoms with Crippen LogP contribution in [-0.2, 0) is 6.54 Å². The Labute approximate surface area is 115 Å². The first-order valence-electron chi connectivity index (χ1n) is 6.58. The lowest BCUT2D eigenvalue weighted by Gasteiger charge is -2.26. The zero-order valence-electron chi connectivity index (χ0n) is 11.4. The van der Waals surface area contributed by atoms with Crippen LogP contribution in [0.5, 0.6) is 0 Å². The molecule has 0 bridgehead atoms. The number of hydrogen-bond donors (Lipinski definition) is 3. The lowest BCUT2D eigenvalue weighted by Crippen LogP contribution is -2.39. The van der Waals surface area contributed by atoms with Crippen LogP contribution >= 0.6 is 0 Å². The van der Waals surface area contributed by atoms with Gasteiger partial charge in [0.05, 0.1) is 12.6 Å². The van der Waals surface area contributed by atoms with Gasteiger partial charge in [0.25, 0.3) is 5.56 Å². The molecule has 1 aromatic heterocycles. The zero-order valence-corrected chi connectivity index (χ0v) is 11.4. The van der Waals surface area contributed by atoms with Gasteiger partial charge in [0, 0.05) is 23.4 Å². The molecule has 0 amide bonds. The van der Waals surface area contributed by atoms with E-state index in [0.717, 1.165) is 17.1 Å². The number of nitrogens with two attached hydrogens (primary N) is 1. The van der Waals surface area contributed by atoms with Crippen molar-refractivity contribution >= 4 is 11.5 Å². The summed E-state index contributed by atoms with van der Waals surface area (Å²) < 4.78 is 1.68. The molecule has 0 fully saturated rings. The molecule has 106 valence electrons. The van der Waals surface area contributed by atoms with Crippen LogP contribution in [0.4, 0.5) is 5.82 Å². The first-order chi connectivity index (χ1) is 9.61. The van der Waals surface area contributed by atoms with Gasteiger partial charge in [-0.25, -0.2) is 0 Å². The molecule has 3 heterocycles. The number of fused-ring (bicyclic) bond motifs is 1. The third-order valence-corrected chi connectivity index (χ3v) is 3.56. The van der Waals surface area contributed by atoms with E-state index >= 15 is 0 Å². The van der Waals surface area contributed by atoms with Crippen molar-refractivity contribution in [3.63, 3.8) is 0 Å². The Morgan fingerprint density at radius 2 is 2.35 bits per heavy atom. The minimum absolute atomic E-state index is 0.0505. The molecule has 2 aliphatic heterocycles. The highest BCUT2D eigenvalue weighted by Gasteiger charge is 2.25. The second-order valence-electron chi connectivity index (χ2n) is 4.82. The summed E-state index contributed by atoms with van der Waals surface area (Å²) in [5.74, 6) is 0.730. The average molecular weight is 275 g/mol. The van der Waals surface area contributed by atoms with Crippen molar-refractivity contribution in [2.24, 2.45) is 21.1 Å². The van der Waals surface area contributed by atoms with Crippen LogP contribution in [0.1, 0.15) is 31.0 Å². The van der Waals surface area contributed by atoms with Crippen LogP contribution in [0.25, 0.3) is 0 Å². The van der Waals surface area contributed by atoms with Crippen molar-refractivity contribution in [2.75, 3.05) is 11.9 Å². The Morgan fingerprint density at radius 1 is 1.55 bits per heavy atom. The molecule has 2 atom stereocenters. The minimum Gasteiger partial charge on any atom is -0.337 e. The molecular formula is C12H17N7O. The van der Waals surface area contributed by atoms with Gasteiger partial charge in [-0.2, -0.15) is 5.11 Å². The molecule has 0 aliphatic carbocycles. The Kier molecular flexibility index (Phi) is 3.01. The third-order valence-electron chi connectivity index (χ3n) is 3.56. The SMILES string of the molecule is CCn1c2c(cc(C3CN=NN3)c1=O)C(C)=NC(N)N2. The Hall–Kier alpha value is -2.22. The fourth-order valence-electron chi connectivity index (χ4n) is 2.56. The van der Waals surface area contributed by atoms with Crippen molar-refractivity contribution < 1.29 is 0 Å². The van der Waals surface area contributed by atoms with E-state index in [1.165, 1.54) is 0 Å². The average Bonchev–Trinajstić information content (AvgIpc) is 2.92. The van der Waals surface area contributed by atoms with Crippen LogP contribution in [0.2, 0.25) is 0 Å². The largest absolute Gasteiger partial charge is 0.337 e. The first kappa shape index (κ1) is 12.8. The second-order valence-corrected chi connectivity index (χ2v) is 4.82. The van der Waals surface area contributed by atoms with Crippen LogP contribution in [-0.4, -0.2) is 23.1 Å². The predicted octanol–water partition coefficient (Wildman–Crippen LogP) is 0.356. The van der Waals surface area contributed by atoms with Crippen molar-refractivity contribution in [1.29, 1.82) is 0 Å². The van der Waals surface area contributed by atoms with E-state index in [1.807, 2.05) is 19.9 Å². The molecule has 0 radical (unpaired) electrons. The Morgan fingerprint density at radius 3 is 3.00 bits per heavy atom. The number of anilines is 1. The summed E-state index contributed by atoms with van der Waals surface area (Å²) in [7, 11) is 0. The van der Waals surface area contributed by atoms with Crippen molar-refractivity contribution in [1.82, 2.24) is 9.99 Å². The van der Waals surface area contributed by atoms with E-state index in [0.29, 0.717) is 18.7 Å². The monoisotopic (exact) mass is 275 g/mol. The molecule has 8 nitrogen and oxygen atoms in total. The van der Waals surface area contributed by atoms with Gasteiger partial charge in [-0.3, -0.25) is 25.5 Å². The van der Waals surface area contributed by atoms with Crippen molar-refractivity contribution in [3.05, 3.63) is 27.5 Å². The molecule has 0 aromatic carbocycles. The summed E-state index contributed by atoms with van der Waals surface area (Å²) in [4.78, 5) is 16.9. The van der Waals surface area contributed by atoms with E-state index in [4.69, 9.17) is 5.73 Å². The topological polar surface area (TPSA) is 109 Å². The summed E-state index contributed by atoms with van der Waals surface area (Å²) in [6, 6.07) is 1.68. The molecule has 0 saturated heterocycles. The van der Waals surface area contributed by atoms with Crippen LogP contribution in [0, 0.1) is 0 Å². The van der Waals surface area contributed by atoms with E-state index in [-0.39, 0.29) is 11.6 Å². The van der Waals surface area contributed by atoms with Gasteiger partial charge in [0.1, 0.15) is 5.82 Å². The van der Waals surface area contributed by atoms with Gasteiger partial charge in [-0.1, -0.05) is 5.22 Å². The quantitative estimate of drug-likeness (QED) is 0.723. The summed E-state index contributed by atoms with van der Waals surface area (Å²) in [6.45, 7) is 4.85. The molecule has 4 N–H and O–H groups in total. The number of rotatable bonds is 2. The minimum atomic E-state index is -0.514. The normalized spacial score (nSPS) is 23.9. The molecule has 0 spiro atoms. The summed E-state index contributed by atoms with van der Waals surface area (Å²) in [5.41, 5.74) is 11.0. The Bertz CT molecular complexity index is 653. The first-order valence-corrected chi connectivity index (χ1v) is 6.58. The number of hydrogen-bond acceptors (Lipinski definition) is 7. The van der Waals surface area contributed by atoms with Gasteiger partial charge >= 0.3 is 0 Å². The number of pyridine rings is 1. The molecule has 20 heavy (non-hydrogen) atoms. The van der Waals surface area contributed by atoms with Crippen LogP contribution in [0.3, 0.4) is 0 Å². The second kappa shape index (κ2) is 4.71. The molecule has 2 unspecified atom stereocenters. The van der Waals surface area contributed by atoms with Gasteiger partial charge < -0.3 is 5.32 Å². The summed E-state index contributed by atoms with van der Waals surface area (Å²) in [5, 5.41) is 10.7.